The highest BCUT2D eigenvalue weighted by atomic mass is 32.2. The van der Waals surface area contributed by atoms with Crippen molar-refractivity contribution in [2.24, 2.45) is 0 Å². The summed E-state index contributed by atoms with van der Waals surface area (Å²) in [6.45, 7) is 3.63. The second kappa shape index (κ2) is 7.05. The van der Waals surface area contributed by atoms with Crippen molar-refractivity contribution in [3.8, 4) is 0 Å². The molecular formula is C15H24N2S. The van der Waals surface area contributed by atoms with Crippen molar-refractivity contribution in [3.63, 3.8) is 0 Å². The quantitative estimate of drug-likeness (QED) is 0.729. The second-order valence-corrected chi connectivity index (χ2v) is 6.32. The molecule has 1 aromatic rings. The molecule has 0 radical (unpaired) electrons. The van der Waals surface area contributed by atoms with Gasteiger partial charge in [0.1, 0.15) is 0 Å². The number of thioether (sulfide) groups is 1. The molecule has 1 saturated heterocycles. The maximum Gasteiger partial charge on any atom is 0.0366 e. The molecule has 0 spiro atoms. The minimum atomic E-state index is 1.13. The van der Waals surface area contributed by atoms with Crippen LogP contribution in [-0.4, -0.2) is 44.4 Å². The van der Waals surface area contributed by atoms with Crippen LogP contribution in [-0.2, 0) is 5.75 Å². The maximum atomic E-state index is 2.49. The predicted octanol–water partition coefficient (Wildman–Crippen LogP) is 3.08. The summed E-state index contributed by atoms with van der Waals surface area (Å²) < 4.78 is 0. The molecule has 0 unspecified atom stereocenters. The van der Waals surface area contributed by atoms with Crippen molar-refractivity contribution >= 4 is 17.4 Å². The van der Waals surface area contributed by atoms with Gasteiger partial charge in [-0.2, -0.15) is 11.8 Å². The molecule has 2 rings (SSSR count). The fourth-order valence-corrected chi connectivity index (χ4v) is 3.28. The number of nitrogens with zero attached hydrogens (tertiary/aromatic N) is 2. The van der Waals surface area contributed by atoms with Gasteiger partial charge in [0.2, 0.25) is 0 Å². The number of anilines is 1. The highest BCUT2D eigenvalue weighted by Gasteiger charge is 2.11. The van der Waals surface area contributed by atoms with Crippen molar-refractivity contribution in [2.75, 3.05) is 44.4 Å². The first kappa shape index (κ1) is 13.8. The molecule has 0 atom stereocenters. The lowest BCUT2D eigenvalue weighted by Crippen LogP contribution is -2.17. The lowest BCUT2D eigenvalue weighted by atomic mass is 10.2. The van der Waals surface area contributed by atoms with Crippen LogP contribution in [0.3, 0.4) is 0 Å². The van der Waals surface area contributed by atoms with E-state index in [1.807, 2.05) is 11.8 Å². The van der Waals surface area contributed by atoms with E-state index in [1.165, 1.54) is 42.9 Å². The molecule has 0 aliphatic carbocycles. The third-order valence-corrected chi connectivity index (χ3v) is 4.37. The average molecular weight is 264 g/mol. The van der Waals surface area contributed by atoms with Crippen LogP contribution in [0.2, 0.25) is 0 Å². The van der Waals surface area contributed by atoms with E-state index in [-0.39, 0.29) is 0 Å². The molecule has 2 nitrogen and oxygen atoms in total. The number of hydrogen-bond acceptors (Lipinski definition) is 3. The van der Waals surface area contributed by atoms with Gasteiger partial charge >= 0.3 is 0 Å². The zero-order valence-electron chi connectivity index (χ0n) is 11.6. The van der Waals surface area contributed by atoms with Crippen LogP contribution in [0.15, 0.2) is 24.3 Å². The fraction of sp³-hybridized carbons (Fsp3) is 0.600. The third kappa shape index (κ3) is 4.21. The summed E-state index contributed by atoms with van der Waals surface area (Å²) in [6.07, 6.45) is 2.70. The Labute approximate surface area is 115 Å². The smallest absolute Gasteiger partial charge is 0.0366 e. The van der Waals surface area contributed by atoms with Gasteiger partial charge < -0.3 is 9.80 Å². The molecule has 1 heterocycles. The first-order chi connectivity index (χ1) is 8.75. The zero-order chi connectivity index (χ0) is 12.8. The standard InChI is InChI=1S/C15H24N2S/c1-16(2)11-12-18-13-14-5-7-15(8-6-14)17-9-3-4-10-17/h5-8H,3-4,9-13H2,1-2H3. The Morgan fingerprint density at radius 3 is 2.39 bits per heavy atom. The summed E-state index contributed by atoms with van der Waals surface area (Å²) in [7, 11) is 4.26. The lowest BCUT2D eigenvalue weighted by molar-refractivity contribution is 0.437. The topological polar surface area (TPSA) is 6.48 Å². The monoisotopic (exact) mass is 264 g/mol. The molecule has 0 N–H and O–H groups in total. The van der Waals surface area contributed by atoms with Crippen molar-refractivity contribution in [1.82, 2.24) is 4.90 Å². The zero-order valence-corrected chi connectivity index (χ0v) is 12.4. The van der Waals surface area contributed by atoms with E-state index < -0.39 is 0 Å². The van der Waals surface area contributed by atoms with Gasteiger partial charge in [0.15, 0.2) is 0 Å². The number of hydrogen-bond donors (Lipinski definition) is 0. The molecular weight excluding hydrogens is 240 g/mol. The number of rotatable bonds is 6. The van der Waals surface area contributed by atoms with Gasteiger partial charge in [-0.1, -0.05) is 12.1 Å². The summed E-state index contributed by atoms with van der Waals surface area (Å²) in [4.78, 5) is 4.73. The summed E-state index contributed by atoms with van der Waals surface area (Å²) in [6, 6.07) is 9.15. The molecule has 1 aromatic carbocycles. The average Bonchev–Trinajstić information content (AvgIpc) is 2.89. The van der Waals surface area contributed by atoms with Gasteiger partial charge in [0.25, 0.3) is 0 Å². The first-order valence-electron chi connectivity index (χ1n) is 6.82. The van der Waals surface area contributed by atoms with Crippen molar-refractivity contribution < 1.29 is 0 Å². The molecule has 0 aromatic heterocycles. The Morgan fingerprint density at radius 2 is 1.78 bits per heavy atom. The Morgan fingerprint density at radius 1 is 1.11 bits per heavy atom. The van der Waals surface area contributed by atoms with E-state index in [2.05, 4.69) is 48.2 Å². The van der Waals surface area contributed by atoms with Crippen LogP contribution in [0.1, 0.15) is 18.4 Å². The molecule has 0 bridgehead atoms. The molecule has 18 heavy (non-hydrogen) atoms. The third-order valence-electron chi connectivity index (χ3n) is 3.36. The van der Waals surface area contributed by atoms with Crippen molar-refractivity contribution in [2.45, 2.75) is 18.6 Å². The van der Waals surface area contributed by atoms with Crippen LogP contribution >= 0.6 is 11.8 Å². The minimum Gasteiger partial charge on any atom is -0.372 e. The fourth-order valence-electron chi connectivity index (χ4n) is 2.22. The lowest BCUT2D eigenvalue weighted by Gasteiger charge is -2.17. The Kier molecular flexibility index (Phi) is 5.39. The van der Waals surface area contributed by atoms with Crippen molar-refractivity contribution in [1.29, 1.82) is 0 Å². The summed E-state index contributed by atoms with van der Waals surface area (Å²) in [5, 5.41) is 0. The van der Waals surface area contributed by atoms with Gasteiger partial charge in [-0.3, -0.25) is 0 Å². The van der Waals surface area contributed by atoms with Gasteiger partial charge in [-0.15, -0.1) is 0 Å². The molecule has 0 amide bonds. The summed E-state index contributed by atoms with van der Waals surface area (Å²) >= 11 is 2.02. The van der Waals surface area contributed by atoms with Crippen LogP contribution in [0.5, 0.6) is 0 Å². The highest BCUT2D eigenvalue weighted by Crippen LogP contribution is 2.21. The maximum absolute atomic E-state index is 2.49. The summed E-state index contributed by atoms with van der Waals surface area (Å²) in [5.74, 6) is 2.34. The van der Waals surface area contributed by atoms with Gasteiger partial charge in [-0.05, 0) is 44.6 Å². The number of benzene rings is 1. The first-order valence-corrected chi connectivity index (χ1v) is 7.97. The van der Waals surface area contributed by atoms with Gasteiger partial charge in [-0.25, -0.2) is 0 Å². The van der Waals surface area contributed by atoms with Crippen LogP contribution in [0.25, 0.3) is 0 Å². The Hall–Kier alpha value is -0.670. The van der Waals surface area contributed by atoms with E-state index in [0.29, 0.717) is 0 Å². The molecule has 1 aliphatic heterocycles. The normalized spacial score (nSPS) is 15.6. The minimum absolute atomic E-state index is 1.13. The van der Waals surface area contributed by atoms with Crippen LogP contribution < -0.4 is 4.90 Å². The van der Waals surface area contributed by atoms with E-state index in [0.717, 1.165) is 12.3 Å². The van der Waals surface area contributed by atoms with Gasteiger partial charge in [0.05, 0.1) is 0 Å². The largest absolute Gasteiger partial charge is 0.372 e. The molecule has 0 saturated carbocycles. The molecule has 100 valence electrons. The molecule has 3 heteroatoms. The van der Waals surface area contributed by atoms with Gasteiger partial charge in [0, 0.05) is 36.8 Å². The van der Waals surface area contributed by atoms with E-state index in [9.17, 15) is 0 Å². The Balaban J connectivity index is 1.76. The molecule has 1 aliphatic rings. The van der Waals surface area contributed by atoms with Crippen LogP contribution in [0.4, 0.5) is 5.69 Å². The van der Waals surface area contributed by atoms with Crippen LogP contribution in [0, 0.1) is 0 Å². The van der Waals surface area contributed by atoms with E-state index >= 15 is 0 Å². The van der Waals surface area contributed by atoms with E-state index in [4.69, 9.17) is 0 Å². The summed E-state index contributed by atoms with van der Waals surface area (Å²) in [5.41, 5.74) is 2.84. The highest BCUT2D eigenvalue weighted by molar-refractivity contribution is 7.98. The molecule has 1 fully saturated rings. The Bertz CT molecular complexity index is 342. The SMILES string of the molecule is CN(C)CCSCc1ccc(N2CCCC2)cc1. The van der Waals surface area contributed by atoms with Crippen molar-refractivity contribution in [3.05, 3.63) is 29.8 Å². The predicted molar refractivity (Wildman–Crippen MR) is 82.6 cm³/mol. The van der Waals surface area contributed by atoms with E-state index in [1.54, 1.807) is 0 Å². The second-order valence-electron chi connectivity index (χ2n) is 5.22.